The Balaban J connectivity index is 0.000000980. The van der Waals surface area contributed by atoms with Crippen LogP contribution in [0.2, 0.25) is 7.35 Å². The molecular weight excluding hydrogens is 259 g/mol. The maximum absolute atomic E-state index is 1.64. The van der Waals surface area contributed by atoms with E-state index in [0.29, 0.717) is 0 Å². The number of hydrogen-bond acceptors (Lipinski definition) is 0. The molecule has 1 heteroatoms. The molecule has 2 aliphatic carbocycles. The van der Waals surface area contributed by atoms with Gasteiger partial charge in [0.2, 0.25) is 0 Å². The summed E-state index contributed by atoms with van der Waals surface area (Å²) in [6.45, 7) is 0. The Hall–Kier alpha value is 0.870. The van der Waals surface area contributed by atoms with Crippen LogP contribution in [0.25, 0.3) is 0 Å². The largest absolute Gasteiger partial charge is 1.00 e. The third kappa shape index (κ3) is 3.49. The Kier molecular flexibility index (Phi) is 4.54. The fourth-order valence-electron chi connectivity index (χ4n) is 3.04. The maximum atomic E-state index is 1.64. The van der Waals surface area contributed by atoms with Crippen molar-refractivity contribution in [2.24, 2.45) is 0 Å². The Morgan fingerprint density at radius 3 is 1.38 bits per heavy atom. The number of rotatable bonds is 2. The van der Waals surface area contributed by atoms with Gasteiger partial charge in [-0.15, -0.1) is 0 Å². The van der Waals surface area contributed by atoms with Gasteiger partial charge in [-0.25, -0.2) is 0 Å². The molecule has 0 nitrogen and oxygen atoms in total. The summed E-state index contributed by atoms with van der Waals surface area (Å²) in [6.07, 6.45) is 15.9. The first-order valence-corrected chi connectivity index (χ1v) is 10.1. The average Bonchev–Trinajstić information content (AvgIpc) is 2.21. The first kappa shape index (κ1) is 10.4. The second kappa shape index (κ2) is 5.68. The van der Waals surface area contributed by atoms with Crippen molar-refractivity contribution in [1.29, 1.82) is 0 Å². The van der Waals surface area contributed by atoms with Gasteiger partial charge in [0.05, 0.1) is 0 Å². The summed E-state index contributed by atoms with van der Waals surface area (Å²) in [5, 5.41) is 0. The van der Waals surface area contributed by atoms with E-state index in [4.69, 9.17) is 0 Å². The molecule has 0 amide bonds. The minimum Gasteiger partial charge on any atom is -1.00 e. The summed E-state index contributed by atoms with van der Waals surface area (Å²) in [6, 6.07) is 0. The van der Waals surface area contributed by atoms with Crippen LogP contribution in [0.3, 0.4) is 0 Å². The van der Waals surface area contributed by atoms with Crippen LogP contribution < -0.4 is 0 Å². The Labute approximate surface area is 95.7 Å². The summed E-state index contributed by atoms with van der Waals surface area (Å²) in [5.74, 6) is 0. The minimum absolute atomic E-state index is 0. The molecule has 0 aromatic rings. The predicted octanol–water partition coefficient (Wildman–Crippen LogP) is 4.31. The van der Waals surface area contributed by atoms with Gasteiger partial charge in [0.1, 0.15) is 0 Å². The molecule has 0 unspecified atom stereocenters. The zero-order valence-corrected chi connectivity index (χ0v) is 12.1. The smallest absolute Gasteiger partial charge is 1.00 e. The van der Waals surface area contributed by atoms with Gasteiger partial charge in [-0.1, -0.05) is 0 Å². The van der Waals surface area contributed by atoms with Gasteiger partial charge >= 0.3 is 94.5 Å². The van der Waals surface area contributed by atoms with E-state index in [0.717, 1.165) is 0 Å². The van der Waals surface area contributed by atoms with Gasteiger partial charge in [0.25, 0.3) is 0 Å². The van der Waals surface area contributed by atoms with Crippen LogP contribution in [0.4, 0.5) is 0 Å². The molecule has 0 N–H and O–H groups in total. The zero-order chi connectivity index (χ0) is 8.93. The van der Waals surface area contributed by atoms with Gasteiger partial charge in [0.15, 0.2) is 0 Å². The molecule has 2 saturated carbocycles. The van der Waals surface area contributed by atoms with E-state index in [1.165, 1.54) is 7.35 Å². The van der Waals surface area contributed by atoms with E-state index in [9.17, 15) is 0 Å². The maximum Gasteiger partial charge on any atom is -1.00 e. The molecule has 0 aromatic heterocycles. The second-order valence-corrected chi connectivity index (χ2v) is 11.5. The quantitative estimate of drug-likeness (QED) is 0.708. The van der Waals surface area contributed by atoms with E-state index >= 15 is 0 Å². The summed E-state index contributed by atoms with van der Waals surface area (Å²) in [7, 11) is 0. The fraction of sp³-hybridized carbons (Fsp3) is 1.00. The predicted molar refractivity (Wildman–Crippen MR) is 60.5 cm³/mol. The first-order chi connectivity index (χ1) is 6.45. The third-order valence-corrected chi connectivity index (χ3v) is 10.8. The second-order valence-electron chi connectivity index (χ2n) is 4.99. The Morgan fingerprint density at radius 2 is 1.00 bits per heavy atom. The summed E-state index contributed by atoms with van der Waals surface area (Å²) < 4.78 is 2.62. The molecule has 0 heterocycles. The summed E-state index contributed by atoms with van der Waals surface area (Å²) in [5.41, 5.74) is 0. The van der Waals surface area contributed by atoms with Gasteiger partial charge in [-0.2, -0.15) is 0 Å². The monoisotopic (exact) mass is 282 g/mol. The SMILES string of the molecule is C1CC[CH]([In+][CH]2CCCCC2)CC1.[H-]. The van der Waals surface area contributed by atoms with E-state index in [-0.39, 0.29) is 24.3 Å². The van der Waals surface area contributed by atoms with Crippen molar-refractivity contribution in [2.45, 2.75) is 71.6 Å². The molecule has 0 radical (unpaired) electrons. The van der Waals surface area contributed by atoms with E-state index in [1.54, 1.807) is 64.2 Å². The first-order valence-electron chi connectivity index (χ1n) is 6.30. The van der Waals surface area contributed by atoms with Crippen molar-refractivity contribution in [2.75, 3.05) is 0 Å². The van der Waals surface area contributed by atoms with Crippen molar-refractivity contribution >= 4 is 22.9 Å². The van der Waals surface area contributed by atoms with Crippen LogP contribution in [0.1, 0.15) is 65.6 Å². The molecule has 2 fully saturated rings. The topological polar surface area (TPSA) is 0 Å². The van der Waals surface area contributed by atoms with Crippen LogP contribution in [-0.2, 0) is 0 Å². The summed E-state index contributed by atoms with van der Waals surface area (Å²) in [4.78, 5) is 0. The molecule has 0 spiro atoms. The van der Waals surface area contributed by atoms with Gasteiger partial charge in [-0.3, -0.25) is 0 Å². The molecule has 0 aromatic carbocycles. The molecule has 0 atom stereocenters. The van der Waals surface area contributed by atoms with E-state index < -0.39 is 0 Å². The Morgan fingerprint density at radius 1 is 0.615 bits per heavy atom. The average molecular weight is 282 g/mol. The fourth-order valence-corrected chi connectivity index (χ4v) is 10.1. The van der Waals surface area contributed by atoms with Crippen molar-refractivity contribution in [3.05, 3.63) is 0 Å². The van der Waals surface area contributed by atoms with E-state index in [2.05, 4.69) is 0 Å². The molecular formula is C12H23In. The van der Waals surface area contributed by atoms with Gasteiger partial charge < -0.3 is 1.43 Å². The molecule has 0 aliphatic heterocycles. The number of hydrogen-bond donors (Lipinski definition) is 0. The van der Waals surface area contributed by atoms with Crippen molar-refractivity contribution in [3.8, 4) is 0 Å². The molecule has 0 bridgehead atoms. The third-order valence-electron chi connectivity index (χ3n) is 3.84. The molecule has 74 valence electrons. The molecule has 13 heavy (non-hydrogen) atoms. The van der Waals surface area contributed by atoms with Crippen molar-refractivity contribution < 1.29 is 1.43 Å². The van der Waals surface area contributed by atoms with Crippen LogP contribution in [0.15, 0.2) is 0 Å². The van der Waals surface area contributed by atoms with Crippen molar-refractivity contribution in [1.82, 2.24) is 0 Å². The van der Waals surface area contributed by atoms with E-state index in [1.807, 2.05) is 0 Å². The van der Waals surface area contributed by atoms with Gasteiger partial charge in [0, 0.05) is 0 Å². The molecule has 0 saturated heterocycles. The standard InChI is InChI=1S/2C6H11.In.H/c2*1-2-4-6-5-3-1;;/h2*1H,2-6H2;;/q;;+1;-1. The zero-order valence-electron chi connectivity index (χ0n) is 9.80. The molecule has 2 aliphatic rings. The van der Waals surface area contributed by atoms with Crippen LogP contribution in [0.5, 0.6) is 0 Å². The van der Waals surface area contributed by atoms with Crippen LogP contribution in [-0.4, -0.2) is 22.9 Å². The van der Waals surface area contributed by atoms with Crippen LogP contribution >= 0.6 is 0 Å². The van der Waals surface area contributed by atoms with Gasteiger partial charge in [-0.05, 0) is 0 Å². The van der Waals surface area contributed by atoms with Crippen molar-refractivity contribution in [3.63, 3.8) is 0 Å². The Bertz CT molecular complexity index is 121. The van der Waals surface area contributed by atoms with Crippen LogP contribution in [0, 0.1) is 0 Å². The minimum atomic E-state index is -0.145. The summed E-state index contributed by atoms with van der Waals surface area (Å²) >= 11 is -0.145. The molecule has 2 rings (SSSR count). The normalized spacial score (nSPS) is 27.1.